The van der Waals surface area contributed by atoms with Crippen LogP contribution < -0.4 is 5.32 Å². The number of hydrogen-bond acceptors (Lipinski definition) is 2. The van der Waals surface area contributed by atoms with Crippen LogP contribution in [0.5, 0.6) is 0 Å². The zero-order chi connectivity index (χ0) is 16.3. The van der Waals surface area contributed by atoms with Crippen molar-refractivity contribution in [3.05, 3.63) is 84.4 Å². The van der Waals surface area contributed by atoms with E-state index in [9.17, 15) is 0 Å². The lowest BCUT2D eigenvalue weighted by Gasteiger charge is -2.24. The molecule has 1 N–H and O–H groups in total. The summed E-state index contributed by atoms with van der Waals surface area (Å²) >= 11 is 0. The Morgan fingerprint density at radius 2 is 1.61 bits per heavy atom. The largest absolute Gasteiger partial charge is 0.376 e. The van der Waals surface area contributed by atoms with Gasteiger partial charge in [-0.15, -0.1) is 6.58 Å². The van der Waals surface area contributed by atoms with Crippen molar-refractivity contribution in [3.8, 4) is 0 Å². The highest BCUT2D eigenvalue weighted by Gasteiger charge is 2.16. The molecule has 2 atom stereocenters. The van der Waals surface area contributed by atoms with Gasteiger partial charge in [0.1, 0.15) is 0 Å². The number of nitrogens with one attached hydrogen (secondary N) is 1. The Labute approximate surface area is 140 Å². The first-order valence-corrected chi connectivity index (χ1v) is 8.35. The third kappa shape index (κ3) is 6.01. The summed E-state index contributed by atoms with van der Waals surface area (Å²) in [7, 11) is 0. The van der Waals surface area contributed by atoms with E-state index in [4.69, 9.17) is 4.74 Å². The Morgan fingerprint density at radius 3 is 2.17 bits per heavy atom. The molecular weight excluding hydrogens is 282 g/mol. The minimum absolute atomic E-state index is 0.260. The monoisotopic (exact) mass is 309 g/mol. The average molecular weight is 309 g/mol. The third-order valence-electron chi connectivity index (χ3n) is 4.11. The highest BCUT2D eigenvalue weighted by molar-refractivity contribution is 5.15. The van der Waals surface area contributed by atoms with Gasteiger partial charge in [0.25, 0.3) is 0 Å². The lowest BCUT2D eigenvalue weighted by molar-refractivity contribution is 0.0772. The van der Waals surface area contributed by atoms with Crippen LogP contribution in [0, 0.1) is 5.92 Å². The molecule has 0 bridgehead atoms. The molecule has 23 heavy (non-hydrogen) atoms. The van der Waals surface area contributed by atoms with E-state index in [2.05, 4.69) is 55.2 Å². The van der Waals surface area contributed by atoms with Crippen LogP contribution in [0.4, 0.5) is 0 Å². The summed E-state index contributed by atoms with van der Waals surface area (Å²) in [5.74, 6) is 0.430. The van der Waals surface area contributed by atoms with Crippen molar-refractivity contribution >= 4 is 0 Å². The topological polar surface area (TPSA) is 21.3 Å². The lowest BCUT2D eigenvalue weighted by atomic mass is 9.97. The first kappa shape index (κ1) is 17.5. The summed E-state index contributed by atoms with van der Waals surface area (Å²) in [6, 6.07) is 21.0. The predicted octanol–water partition coefficient (Wildman–Crippen LogP) is 4.57. The molecule has 0 radical (unpaired) electrons. The molecule has 2 aromatic carbocycles. The van der Waals surface area contributed by atoms with Gasteiger partial charge in [0.2, 0.25) is 0 Å². The average Bonchev–Trinajstić information content (AvgIpc) is 2.62. The summed E-state index contributed by atoms with van der Waals surface area (Å²) in [6.45, 7) is 8.46. The third-order valence-corrected chi connectivity index (χ3v) is 4.11. The molecular formula is C21H27NO. The van der Waals surface area contributed by atoms with Crippen LogP contribution >= 0.6 is 0 Å². The van der Waals surface area contributed by atoms with Gasteiger partial charge in [0.15, 0.2) is 0 Å². The molecule has 2 rings (SSSR count). The van der Waals surface area contributed by atoms with Crippen molar-refractivity contribution < 1.29 is 4.74 Å². The quantitative estimate of drug-likeness (QED) is 0.649. The summed E-state index contributed by atoms with van der Waals surface area (Å²) in [5.41, 5.74) is 2.51. The van der Waals surface area contributed by atoms with Crippen LogP contribution in [0.25, 0.3) is 0 Å². The van der Waals surface area contributed by atoms with Crippen LogP contribution in [-0.4, -0.2) is 12.6 Å². The van der Waals surface area contributed by atoms with E-state index in [0.717, 1.165) is 19.6 Å². The smallest absolute Gasteiger partial charge is 0.0717 e. The van der Waals surface area contributed by atoms with Gasteiger partial charge < -0.3 is 10.1 Å². The van der Waals surface area contributed by atoms with Gasteiger partial charge in [-0.25, -0.2) is 0 Å². The maximum absolute atomic E-state index is 5.92. The van der Waals surface area contributed by atoms with Crippen LogP contribution in [0.15, 0.2) is 73.3 Å². The number of benzene rings is 2. The second kappa shape index (κ2) is 9.98. The Kier molecular flexibility index (Phi) is 7.58. The Bertz CT molecular complexity index is 553. The fraction of sp³-hybridized carbons (Fsp3) is 0.333. The first-order valence-electron chi connectivity index (χ1n) is 8.35. The number of hydrogen-bond donors (Lipinski definition) is 1. The van der Waals surface area contributed by atoms with Gasteiger partial charge in [0, 0.05) is 18.5 Å². The molecule has 0 aromatic heterocycles. The molecule has 0 amide bonds. The Hall–Kier alpha value is -1.90. The fourth-order valence-corrected chi connectivity index (χ4v) is 2.65. The van der Waals surface area contributed by atoms with Gasteiger partial charge >= 0.3 is 0 Å². The molecule has 0 heterocycles. The molecule has 0 saturated heterocycles. The van der Waals surface area contributed by atoms with Crippen LogP contribution in [0.3, 0.4) is 0 Å². The van der Waals surface area contributed by atoms with E-state index in [1.807, 2.05) is 30.3 Å². The van der Waals surface area contributed by atoms with Gasteiger partial charge in [0.05, 0.1) is 13.2 Å². The zero-order valence-electron chi connectivity index (χ0n) is 13.9. The van der Waals surface area contributed by atoms with Gasteiger partial charge in [-0.3, -0.25) is 0 Å². The molecule has 0 fully saturated rings. The van der Waals surface area contributed by atoms with Crippen LogP contribution in [0.1, 0.15) is 24.5 Å². The van der Waals surface area contributed by atoms with Crippen molar-refractivity contribution in [2.45, 2.75) is 32.5 Å². The zero-order valence-corrected chi connectivity index (χ0v) is 13.9. The van der Waals surface area contributed by atoms with Crippen LogP contribution in [-0.2, 0) is 17.9 Å². The molecule has 2 heteroatoms. The summed E-state index contributed by atoms with van der Waals surface area (Å²) in [6.07, 6.45) is 3.07. The van der Waals surface area contributed by atoms with Gasteiger partial charge in [-0.2, -0.15) is 0 Å². The van der Waals surface area contributed by atoms with Crippen molar-refractivity contribution in [3.63, 3.8) is 0 Å². The summed E-state index contributed by atoms with van der Waals surface area (Å²) < 4.78 is 5.92. The number of rotatable bonds is 10. The highest BCUT2D eigenvalue weighted by Crippen LogP contribution is 2.13. The second-order valence-electron chi connectivity index (χ2n) is 5.80. The lowest BCUT2D eigenvalue weighted by Crippen LogP contribution is -2.36. The minimum Gasteiger partial charge on any atom is -0.376 e. The van der Waals surface area contributed by atoms with E-state index in [1.54, 1.807) is 0 Å². The highest BCUT2D eigenvalue weighted by atomic mass is 16.5. The van der Waals surface area contributed by atoms with Crippen LogP contribution in [0.2, 0.25) is 0 Å². The molecule has 0 saturated carbocycles. The normalized spacial score (nSPS) is 13.4. The minimum atomic E-state index is 0.260. The predicted molar refractivity (Wildman–Crippen MR) is 97.1 cm³/mol. The molecule has 122 valence electrons. The molecule has 0 aliphatic carbocycles. The summed E-state index contributed by atoms with van der Waals surface area (Å²) in [5, 5.41) is 3.59. The van der Waals surface area contributed by atoms with Crippen molar-refractivity contribution in [1.29, 1.82) is 0 Å². The second-order valence-corrected chi connectivity index (χ2v) is 5.80. The van der Waals surface area contributed by atoms with Gasteiger partial charge in [-0.1, -0.05) is 73.7 Å². The molecule has 0 aliphatic rings. The number of ether oxygens (including phenoxy) is 1. The molecule has 0 aliphatic heterocycles. The van der Waals surface area contributed by atoms with E-state index in [1.165, 1.54) is 11.1 Å². The Morgan fingerprint density at radius 1 is 1.00 bits per heavy atom. The van der Waals surface area contributed by atoms with E-state index in [0.29, 0.717) is 12.5 Å². The Balaban J connectivity index is 1.80. The maximum atomic E-state index is 5.92. The van der Waals surface area contributed by atoms with Crippen molar-refractivity contribution in [2.75, 3.05) is 6.61 Å². The van der Waals surface area contributed by atoms with E-state index in [-0.39, 0.29) is 6.04 Å². The fourth-order valence-electron chi connectivity index (χ4n) is 2.65. The molecule has 0 unspecified atom stereocenters. The summed E-state index contributed by atoms with van der Waals surface area (Å²) in [4.78, 5) is 0. The SMILES string of the molecule is C=C[C@H](NCc1ccccc1)[C@H](CC)COCc1ccccc1. The molecule has 0 spiro atoms. The van der Waals surface area contributed by atoms with Crippen molar-refractivity contribution in [1.82, 2.24) is 5.32 Å². The van der Waals surface area contributed by atoms with E-state index >= 15 is 0 Å². The van der Waals surface area contributed by atoms with E-state index < -0.39 is 0 Å². The van der Waals surface area contributed by atoms with Gasteiger partial charge in [-0.05, 0) is 17.5 Å². The first-order chi connectivity index (χ1) is 11.3. The molecule has 2 nitrogen and oxygen atoms in total. The maximum Gasteiger partial charge on any atom is 0.0717 e. The van der Waals surface area contributed by atoms with Crippen molar-refractivity contribution in [2.24, 2.45) is 5.92 Å². The standard InChI is InChI=1S/C21H27NO/c1-3-20(17-23-16-19-13-9-6-10-14-19)21(4-2)22-15-18-11-7-5-8-12-18/h4-14,20-22H,2-3,15-17H2,1H3/t20-,21+/m1/s1. The molecule has 2 aromatic rings.